The smallest absolute Gasteiger partial charge is 0.427 e. The highest BCUT2D eigenvalue weighted by Gasteiger charge is 2.17. The van der Waals surface area contributed by atoms with E-state index in [1.54, 1.807) is 12.1 Å². The van der Waals surface area contributed by atoms with E-state index in [9.17, 15) is 4.79 Å². The van der Waals surface area contributed by atoms with E-state index in [1.807, 2.05) is 12.1 Å². The second kappa shape index (κ2) is 12.7. The quantitative estimate of drug-likeness (QED) is 0.309. The molecule has 2 aromatic rings. The van der Waals surface area contributed by atoms with Crippen molar-refractivity contribution in [3.63, 3.8) is 0 Å². The normalized spacial score (nSPS) is 11.6. The zero-order chi connectivity index (χ0) is 19.6. The molecule has 0 fully saturated rings. The third-order valence-electron chi connectivity index (χ3n) is 4.07. The summed E-state index contributed by atoms with van der Waals surface area (Å²) in [6.45, 7) is 0.372. The number of tetrazole rings is 1. The first-order chi connectivity index (χ1) is 13.0. The Labute approximate surface area is 175 Å². The fourth-order valence-corrected chi connectivity index (χ4v) is 2.71. The van der Waals surface area contributed by atoms with Crippen LogP contribution in [0, 0.1) is 0 Å². The minimum atomic E-state index is -1.27. The molecule has 1 unspecified atom stereocenters. The molecule has 2 rings (SSSR count). The van der Waals surface area contributed by atoms with Crippen LogP contribution < -0.4 is 11.1 Å². The number of hydrogen-bond acceptors (Lipinski definition) is 7. The summed E-state index contributed by atoms with van der Waals surface area (Å²) in [4.78, 5) is 12.1. The van der Waals surface area contributed by atoms with Crippen LogP contribution in [-0.2, 0) is 17.9 Å². The highest BCUT2D eigenvalue weighted by molar-refractivity contribution is 6.40. The average molecular weight is 431 g/mol. The second-order valence-corrected chi connectivity index (χ2v) is 6.76. The van der Waals surface area contributed by atoms with Crippen molar-refractivity contribution in [2.24, 2.45) is 5.73 Å². The molecule has 0 spiro atoms. The van der Waals surface area contributed by atoms with Crippen LogP contribution in [0.5, 0.6) is 0 Å². The Morgan fingerprint density at radius 1 is 1.25 bits per heavy atom. The maximum absolute atomic E-state index is 12.1. The van der Waals surface area contributed by atoms with Gasteiger partial charge in [-0.2, -0.15) is 0 Å². The van der Waals surface area contributed by atoms with Gasteiger partial charge in [0.2, 0.25) is 5.91 Å². The van der Waals surface area contributed by atoms with Gasteiger partial charge in [0.1, 0.15) is 6.54 Å². The van der Waals surface area contributed by atoms with Crippen LogP contribution in [0.25, 0.3) is 0 Å². The van der Waals surface area contributed by atoms with Gasteiger partial charge >= 0.3 is 7.12 Å². The van der Waals surface area contributed by atoms with Gasteiger partial charge in [0, 0.05) is 11.6 Å². The van der Waals surface area contributed by atoms with Gasteiger partial charge < -0.3 is 21.1 Å². The van der Waals surface area contributed by atoms with E-state index in [-0.39, 0.29) is 30.9 Å². The van der Waals surface area contributed by atoms with Crippen LogP contribution in [0.2, 0.25) is 11.3 Å². The molecule has 1 aromatic heterocycles. The molecule has 1 heterocycles. The van der Waals surface area contributed by atoms with Crippen molar-refractivity contribution in [2.45, 2.75) is 51.1 Å². The van der Waals surface area contributed by atoms with E-state index in [0.29, 0.717) is 36.6 Å². The number of carbonyl (C=O) groups is 1. The Morgan fingerprint density at radius 3 is 2.64 bits per heavy atom. The molecule has 0 aliphatic carbocycles. The SMILES string of the molecule is Cl.NC(CCCCCB(O)O)c1nnnn1CC(=O)NCc1ccc(Cl)cc1. The van der Waals surface area contributed by atoms with Gasteiger partial charge in [-0.25, -0.2) is 4.68 Å². The van der Waals surface area contributed by atoms with Gasteiger partial charge in [0.05, 0.1) is 6.04 Å². The van der Waals surface area contributed by atoms with Crippen LogP contribution in [0.15, 0.2) is 24.3 Å². The summed E-state index contributed by atoms with van der Waals surface area (Å²) in [5.74, 6) is 0.237. The molecular weight excluding hydrogens is 406 g/mol. The highest BCUT2D eigenvalue weighted by Crippen LogP contribution is 2.15. The van der Waals surface area contributed by atoms with E-state index in [2.05, 4.69) is 20.8 Å². The van der Waals surface area contributed by atoms with Gasteiger partial charge in [-0.3, -0.25) is 4.79 Å². The van der Waals surface area contributed by atoms with Crippen molar-refractivity contribution >= 4 is 37.0 Å². The maximum atomic E-state index is 12.1. The first-order valence-corrected chi connectivity index (χ1v) is 9.22. The number of halogens is 2. The molecule has 12 heteroatoms. The number of nitrogens with zero attached hydrogens (tertiary/aromatic N) is 4. The van der Waals surface area contributed by atoms with E-state index >= 15 is 0 Å². The lowest BCUT2D eigenvalue weighted by atomic mass is 9.83. The number of aromatic nitrogens is 4. The molecule has 5 N–H and O–H groups in total. The molecule has 0 saturated carbocycles. The van der Waals surface area contributed by atoms with Crippen molar-refractivity contribution in [2.75, 3.05) is 0 Å². The van der Waals surface area contributed by atoms with Crippen LogP contribution in [0.4, 0.5) is 0 Å². The number of nitrogens with one attached hydrogen (secondary N) is 1. The second-order valence-electron chi connectivity index (χ2n) is 6.32. The number of unbranched alkanes of at least 4 members (excludes halogenated alkanes) is 2. The molecule has 1 aromatic carbocycles. The van der Waals surface area contributed by atoms with Gasteiger partial charge in [-0.1, -0.05) is 43.0 Å². The molecule has 0 saturated heterocycles. The summed E-state index contributed by atoms with van der Waals surface area (Å²) < 4.78 is 1.40. The van der Waals surface area contributed by atoms with Gasteiger partial charge in [0.25, 0.3) is 0 Å². The summed E-state index contributed by atoms with van der Waals surface area (Å²) in [5, 5.41) is 32.5. The molecule has 0 aliphatic rings. The van der Waals surface area contributed by atoms with Crippen LogP contribution >= 0.6 is 24.0 Å². The lowest BCUT2D eigenvalue weighted by Crippen LogP contribution is -2.29. The molecule has 9 nitrogen and oxygen atoms in total. The van der Waals surface area contributed by atoms with E-state index < -0.39 is 7.12 Å². The third kappa shape index (κ3) is 8.53. The maximum Gasteiger partial charge on any atom is 0.451 e. The topological polar surface area (TPSA) is 139 Å². The van der Waals surface area contributed by atoms with Crippen LogP contribution in [-0.4, -0.2) is 43.3 Å². The molecule has 0 bridgehead atoms. The summed E-state index contributed by atoms with van der Waals surface area (Å²) in [6.07, 6.45) is 3.34. The monoisotopic (exact) mass is 430 g/mol. The Balaban J connectivity index is 0.00000392. The van der Waals surface area contributed by atoms with Crippen LogP contribution in [0.1, 0.15) is 43.1 Å². The largest absolute Gasteiger partial charge is 0.451 e. The molecule has 1 amide bonds. The lowest BCUT2D eigenvalue weighted by Gasteiger charge is -2.12. The van der Waals surface area contributed by atoms with Gasteiger partial charge in [-0.15, -0.1) is 17.5 Å². The third-order valence-corrected chi connectivity index (χ3v) is 4.32. The van der Waals surface area contributed by atoms with Crippen molar-refractivity contribution < 1.29 is 14.8 Å². The van der Waals surface area contributed by atoms with Crippen molar-refractivity contribution in [1.29, 1.82) is 0 Å². The predicted molar refractivity (Wildman–Crippen MR) is 109 cm³/mol. The summed E-state index contributed by atoms with van der Waals surface area (Å²) in [7, 11) is -1.27. The van der Waals surface area contributed by atoms with Gasteiger partial charge in [0.15, 0.2) is 5.82 Å². The fourth-order valence-electron chi connectivity index (χ4n) is 2.58. The zero-order valence-corrected chi connectivity index (χ0v) is 16.9. The number of benzene rings is 1. The Hall–Kier alpha value is -1.72. The number of carbonyl (C=O) groups excluding carboxylic acids is 1. The standard InChI is InChI=1S/C16H24BClN6O3.ClH/c18-13-7-5-12(6-8-13)10-20-15(25)11-24-16(21-22-23-24)14(19)4-2-1-3-9-17(26)27;/h5-8,14,26-27H,1-4,9-11,19H2,(H,20,25);1H. The molecular formula is C16H25BCl2N6O3. The molecule has 1 atom stereocenters. The molecule has 0 radical (unpaired) electrons. The Morgan fingerprint density at radius 2 is 1.96 bits per heavy atom. The molecule has 154 valence electrons. The predicted octanol–water partition coefficient (Wildman–Crippen LogP) is 1.10. The number of amides is 1. The Bertz CT molecular complexity index is 717. The minimum absolute atomic E-state index is 0. The number of rotatable bonds is 11. The van der Waals surface area contributed by atoms with Crippen LogP contribution in [0.3, 0.4) is 0 Å². The van der Waals surface area contributed by atoms with Crippen molar-refractivity contribution in [3.8, 4) is 0 Å². The lowest BCUT2D eigenvalue weighted by molar-refractivity contribution is -0.122. The van der Waals surface area contributed by atoms with E-state index in [1.165, 1.54) is 4.68 Å². The first-order valence-electron chi connectivity index (χ1n) is 8.84. The zero-order valence-electron chi connectivity index (χ0n) is 15.4. The summed E-state index contributed by atoms with van der Waals surface area (Å²) in [6, 6.07) is 6.84. The number of hydrogen-bond donors (Lipinski definition) is 4. The van der Waals surface area contributed by atoms with Crippen molar-refractivity contribution in [1.82, 2.24) is 25.5 Å². The number of nitrogens with two attached hydrogens (primary N) is 1. The molecule has 28 heavy (non-hydrogen) atoms. The van der Waals surface area contributed by atoms with Gasteiger partial charge in [-0.05, 0) is 40.9 Å². The van der Waals surface area contributed by atoms with E-state index in [0.717, 1.165) is 18.4 Å². The van der Waals surface area contributed by atoms with Crippen molar-refractivity contribution in [3.05, 3.63) is 40.7 Å². The minimum Gasteiger partial charge on any atom is -0.427 e. The first kappa shape index (κ1) is 24.3. The van der Waals surface area contributed by atoms with E-state index in [4.69, 9.17) is 27.4 Å². The molecule has 0 aliphatic heterocycles. The highest BCUT2D eigenvalue weighted by atomic mass is 35.5. The summed E-state index contributed by atoms with van der Waals surface area (Å²) in [5.41, 5.74) is 7.07. The average Bonchev–Trinajstić information content (AvgIpc) is 3.08. The fraction of sp³-hybridized carbons (Fsp3) is 0.500. The Kier molecular flexibility index (Phi) is 11.0. The summed E-state index contributed by atoms with van der Waals surface area (Å²) >= 11 is 5.84.